The summed E-state index contributed by atoms with van der Waals surface area (Å²) < 4.78 is 14.4. The van der Waals surface area contributed by atoms with Crippen LogP contribution in [0.25, 0.3) is 0 Å². The van der Waals surface area contributed by atoms with Crippen LogP contribution < -0.4 is 0 Å². The van der Waals surface area contributed by atoms with E-state index in [9.17, 15) is 9.18 Å². The van der Waals surface area contributed by atoms with E-state index in [1.54, 1.807) is 12.1 Å². The number of benzene rings is 2. The summed E-state index contributed by atoms with van der Waals surface area (Å²) in [6, 6.07) is 15.0. The number of hydrogen-bond donors (Lipinski definition) is 0. The van der Waals surface area contributed by atoms with E-state index in [4.69, 9.17) is 11.6 Å². The van der Waals surface area contributed by atoms with Crippen molar-refractivity contribution in [2.45, 2.75) is 52.9 Å². The van der Waals surface area contributed by atoms with E-state index in [2.05, 4.69) is 4.98 Å². The van der Waals surface area contributed by atoms with Crippen molar-refractivity contribution in [2.24, 2.45) is 0 Å². The molecule has 0 fully saturated rings. The summed E-state index contributed by atoms with van der Waals surface area (Å²) in [7, 11) is 0. The maximum absolute atomic E-state index is 14.4. The second kappa shape index (κ2) is 9.99. The number of hydrogen-bond acceptors (Lipinski definition) is 2. The number of ketones is 1. The van der Waals surface area contributed by atoms with E-state index < -0.39 is 0 Å². The summed E-state index contributed by atoms with van der Waals surface area (Å²) in [5, 5.41) is 0.657. The first-order valence-electron chi connectivity index (χ1n) is 10.4. The van der Waals surface area contributed by atoms with Gasteiger partial charge < -0.3 is 0 Å². The smallest absolute Gasteiger partial charge is 0.181 e. The molecule has 1 heterocycles. The maximum atomic E-state index is 14.4. The normalized spacial score (nSPS) is 11.0. The number of carbonyl (C=O) groups excluding carboxylic acids is 1. The van der Waals surface area contributed by atoms with Crippen molar-refractivity contribution in [2.75, 3.05) is 0 Å². The molecule has 0 amide bonds. The van der Waals surface area contributed by atoms with Crippen LogP contribution in [0.1, 0.15) is 63.8 Å². The predicted molar refractivity (Wildman–Crippen MR) is 121 cm³/mol. The molecule has 0 aliphatic carbocycles. The molecule has 0 atom stereocenters. The van der Waals surface area contributed by atoms with Crippen LogP contribution in [0.15, 0.2) is 48.5 Å². The van der Waals surface area contributed by atoms with Gasteiger partial charge in [0.05, 0.1) is 0 Å². The Bertz CT molecular complexity index is 1040. The molecule has 2 nitrogen and oxygen atoms in total. The minimum atomic E-state index is -0.146. The molecule has 0 spiro atoms. The Kier molecular flexibility index (Phi) is 7.38. The second-order valence-electron chi connectivity index (χ2n) is 7.82. The number of nitrogens with zero attached hydrogens (tertiary/aromatic N) is 1. The molecule has 0 aliphatic heterocycles. The van der Waals surface area contributed by atoms with Crippen LogP contribution in [0.4, 0.5) is 4.39 Å². The second-order valence-corrected chi connectivity index (χ2v) is 8.26. The fraction of sp³-hybridized carbons (Fsp3) is 0.308. The number of rotatable bonds is 8. The van der Waals surface area contributed by atoms with Gasteiger partial charge in [-0.3, -0.25) is 4.79 Å². The third-order valence-corrected chi connectivity index (χ3v) is 5.55. The monoisotopic (exact) mass is 423 g/mol. The van der Waals surface area contributed by atoms with Gasteiger partial charge in [0, 0.05) is 23.6 Å². The molecule has 0 aliphatic rings. The van der Waals surface area contributed by atoms with Gasteiger partial charge in [0.2, 0.25) is 0 Å². The number of aromatic nitrogens is 1. The lowest BCUT2D eigenvalue weighted by molar-refractivity contribution is 0.0976. The number of pyridine rings is 1. The molecule has 4 heteroatoms. The van der Waals surface area contributed by atoms with Crippen molar-refractivity contribution in [3.8, 4) is 0 Å². The largest absolute Gasteiger partial charge is 0.292 e. The highest BCUT2D eigenvalue weighted by atomic mass is 35.5. The topological polar surface area (TPSA) is 30.0 Å². The zero-order chi connectivity index (χ0) is 21.7. The van der Waals surface area contributed by atoms with Gasteiger partial charge in [-0.2, -0.15) is 0 Å². The Labute approximate surface area is 183 Å². The quantitative estimate of drug-likeness (QED) is 0.371. The number of carbonyl (C=O) groups is 1. The Morgan fingerprint density at radius 3 is 2.57 bits per heavy atom. The predicted octanol–water partition coefficient (Wildman–Crippen LogP) is 6.85. The van der Waals surface area contributed by atoms with Gasteiger partial charge in [0.1, 0.15) is 11.5 Å². The fourth-order valence-electron chi connectivity index (χ4n) is 3.81. The van der Waals surface area contributed by atoms with Crippen molar-refractivity contribution in [3.63, 3.8) is 0 Å². The Morgan fingerprint density at radius 2 is 1.83 bits per heavy atom. The summed E-state index contributed by atoms with van der Waals surface area (Å²) in [6.07, 6.45) is 3.22. The third-order valence-electron chi connectivity index (χ3n) is 5.32. The van der Waals surface area contributed by atoms with Gasteiger partial charge in [0.15, 0.2) is 5.78 Å². The van der Waals surface area contributed by atoms with Gasteiger partial charge >= 0.3 is 0 Å². The zero-order valence-corrected chi connectivity index (χ0v) is 18.5. The van der Waals surface area contributed by atoms with Crippen molar-refractivity contribution in [1.29, 1.82) is 0 Å². The highest BCUT2D eigenvalue weighted by Crippen LogP contribution is 2.23. The highest BCUT2D eigenvalue weighted by Gasteiger charge is 2.12. The van der Waals surface area contributed by atoms with Crippen LogP contribution in [-0.4, -0.2) is 10.8 Å². The summed E-state index contributed by atoms with van der Waals surface area (Å²) in [4.78, 5) is 16.8. The third kappa shape index (κ3) is 5.54. The number of Topliss-reactive ketones (excluding diaryl/α,β-unsaturated/α-hetero) is 1. The SMILES string of the molecule is CCCC(=O)c1cccc(Cc2cc(Cl)ccc2CCc2c(C)cc(C)cc2F)n1. The van der Waals surface area contributed by atoms with Crippen LogP contribution in [-0.2, 0) is 19.3 Å². The molecule has 156 valence electrons. The van der Waals surface area contributed by atoms with E-state index in [0.29, 0.717) is 36.4 Å². The van der Waals surface area contributed by atoms with Crippen molar-refractivity contribution in [3.05, 3.63) is 98.6 Å². The van der Waals surface area contributed by atoms with Crippen LogP contribution in [0.3, 0.4) is 0 Å². The van der Waals surface area contributed by atoms with E-state index >= 15 is 0 Å². The standard InChI is InChI=1S/C26H27ClFNO/c1-4-6-26(30)25-8-5-7-22(29-25)16-20-15-21(27)11-9-19(20)10-12-23-18(3)13-17(2)14-24(23)28/h5,7-9,11,13-15H,4,6,10,12,16H2,1-3H3. The van der Waals surface area contributed by atoms with Crippen LogP contribution in [0, 0.1) is 19.7 Å². The molecule has 1 aromatic heterocycles. The molecular formula is C26H27ClFNO. The van der Waals surface area contributed by atoms with Gasteiger partial charge in [-0.1, -0.05) is 36.7 Å². The van der Waals surface area contributed by atoms with Gasteiger partial charge in [-0.15, -0.1) is 0 Å². The van der Waals surface area contributed by atoms with Gasteiger partial charge in [0.25, 0.3) is 0 Å². The average Bonchev–Trinajstić information content (AvgIpc) is 2.69. The van der Waals surface area contributed by atoms with Crippen LogP contribution >= 0.6 is 11.6 Å². The lowest BCUT2D eigenvalue weighted by Crippen LogP contribution is -2.06. The van der Waals surface area contributed by atoms with Crippen molar-refractivity contribution < 1.29 is 9.18 Å². The van der Waals surface area contributed by atoms with Gasteiger partial charge in [-0.05, 0) is 91.3 Å². The van der Waals surface area contributed by atoms with Crippen LogP contribution in [0.2, 0.25) is 5.02 Å². The Balaban J connectivity index is 1.83. The molecule has 0 unspecified atom stereocenters. The van der Waals surface area contributed by atoms with E-state index in [1.807, 2.05) is 57.2 Å². The first kappa shape index (κ1) is 22.2. The minimum Gasteiger partial charge on any atom is -0.292 e. The van der Waals surface area contributed by atoms with E-state index in [1.165, 1.54) is 0 Å². The summed E-state index contributed by atoms with van der Waals surface area (Å²) in [6.45, 7) is 5.85. The Morgan fingerprint density at radius 1 is 1.03 bits per heavy atom. The van der Waals surface area contributed by atoms with E-state index in [-0.39, 0.29) is 11.6 Å². The maximum Gasteiger partial charge on any atom is 0.181 e. The molecule has 0 saturated carbocycles. The summed E-state index contributed by atoms with van der Waals surface area (Å²) in [5.41, 5.74) is 6.18. The van der Waals surface area contributed by atoms with Gasteiger partial charge in [-0.25, -0.2) is 9.37 Å². The minimum absolute atomic E-state index is 0.0657. The molecule has 2 aromatic carbocycles. The van der Waals surface area contributed by atoms with Crippen molar-refractivity contribution in [1.82, 2.24) is 4.98 Å². The molecule has 0 radical (unpaired) electrons. The number of halogens is 2. The van der Waals surface area contributed by atoms with Crippen LogP contribution in [0.5, 0.6) is 0 Å². The lowest BCUT2D eigenvalue weighted by atomic mass is 9.94. The molecule has 3 aromatic rings. The molecule has 0 saturated heterocycles. The molecular weight excluding hydrogens is 397 g/mol. The summed E-state index contributed by atoms with van der Waals surface area (Å²) >= 11 is 6.26. The Hall–Kier alpha value is -2.52. The molecule has 0 N–H and O–H groups in total. The zero-order valence-electron chi connectivity index (χ0n) is 17.8. The molecule has 0 bridgehead atoms. The first-order valence-corrected chi connectivity index (χ1v) is 10.8. The first-order chi connectivity index (χ1) is 14.4. The molecule has 3 rings (SSSR count). The lowest BCUT2D eigenvalue weighted by Gasteiger charge is -2.13. The summed E-state index contributed by atoms with van der Waals surface area (Å²) in [5.74, 6) is -0.0807. The highest BCUT2D eigenvalue weighted by molar-refractivity contribution is 6.30. The van der Waals surface area contributed by atoms with E-state index in [0.717, 1.165) is 39.9 Å². The number of aryl methyl sites for hydroxylation is 3. The fourth-order valence-corrected chi connectivity index (χ4v) is 4.00. The van der Waals surface area contributed by atoms with Crippen molar-refractivity contribution >= 4 is 17.4 Å². The average molecular weight is 424 g/mol. The molecule has 30 heavy (non-hydrogen) atoms.